The first-order valence-corrected chi connectivity index (χ1v) is 7.11. The van der Waals surface area contributed by atoms with Crippen LogP contribution in [0.4, 0.5) is 0 Å². The molecule has 0 spiro atoms. The first kappa shape index (κ1) is 12.7. The maximum absolute atomic E-state index is 6.16. The maximum Gasteiger partial charge on any atom is 0.0595 e. The van der Waals surface area contributed by atoms with Crippen molar-refractivity contribution >= 4 is 23.2 Å². The van der Waals surface area contributed by atoms with Crippen LogP contribution in [0.25, 0.3) is 0 Å². The van der Waals surface area contributed by atoms with Crippen molar-refractivity contribution in [2.24, 2.45) is 11.8 Å². The van der Waals surface area contributed by atoms with Crippen molar-refractivity contribution in [3.8, 4) is 0 Å². The molecule has 4 heteroatoms. The van der Waals surface area contributed by atoms with Crippen LogP contribution in [0.5, 0.6) is 0 Å². The number of methoxy groups -OCH3 is 1. The van der Waals surface area contributed by atoms with E-state index in [1.165, 1.54) is 5.56 Å². The van der Waals surface area contributed by atoms with Gasteiger partial charge in [-0.1, -0.05) is 29.3 Å². The molecule has 0 bridgehead atoms. The monoisotopic (exact) mass is 285 g/mol. The van der Waals surface area contributed by atoms with Gasteiger partial charge in [0.2, 0.25) is 0 Å². The third-order valence-corrected chi connectivity index (χ3v) is 5.34. The van der Waals surface area contributed by atoms with Crippen LogP contribution in [-0.2, 0) is 10.2 Å². The number of piperidine rings is 1. The van der Waals surface area contributed by atoms with Gasteiger partial charge >= 0.3 is 0 Å². The zero-order valence-electron chi connectivity index (χ0n) is 10.4. The van der Waals surface area contributed by atoms with Crippen molar-refractivity contribution in [2.45, 2.75) is 11.8 Å². The summed E-state index contributed by atoms with van der Waals surface area (Å²) >= 11 is 12.2. The number of benzene rings is 1. The smallest absolute Gasteiger partial charge is 0.0595 e. The molecule has 2 fully saturated rings. The standard InChI is InChI=1S/C14H17Cl2NO/c1-18-5-4-14(10-7-17-8-11(10)14)9-2-3-12(15)13(16)6-9/h2-3,6,10-11,17H,4-5,7-8H2,1H3/t10-,11?,14+/m0/s1. The van der Waals surface area contributed by atoms with E-state index in [2.05, 4.69) is 11.4 Å². The molecule has 1 N–H and O–H groups in total. The highest BCUT2D eigenvalue weighted by atomic mass is 35.5. The topological polar surface area (TPSA) is 21.3 Å². The first-order chi connectivity index (χ1) is 8.70. The Hall–Kier alpha value is -0.280. The van der Waals surface area contributed by atoms with Crippen LogP contribution in [0, 0.1) is 11.8 Å². The lowest BCUT2D eigenvalue weighted by molar-refractivity contribution is 0.179. The van der Waals surface area contributed by atoms with Crippen molar-refractivity contribution in [1.29, 1.82) is 0 Å². The van der Waals surface area contributed by atoms with Crippen LogP contribution in [0.2, 0.25) is 10.0 Å². The molecule has 0 radical (unpaired) electrons. The summed E-state index contributed by atoms with van der Waals surface area (Å²) in [4.78, 5) is 0. The molecule has 3 atom stereocenters. The minimum Gasteiger partial charge on any atom is -0.385 e. The number of rotatable bonds is 4. The maximum atomic E-state index is 6.16. The van der Waals surface area contributed by atoms with Gasteiger partial charge in [0.1, 0.15) is 0 Å². The molecule has 1 unspecified atom stereocenters. The highest BCUT2D eigenvalue weighted by Gasteiger charge is 2.66. The van der Waals surface area contributed by atoms with Crippen molar-refractivity contribution in [2.75, 3.05) is 26.8 Å². The molecule has 1 aliphatic heterocycles. The summed E-state index contributed by atoms with van der Waals surface area (Å²) in [7, 11) is 1.76. The molecule has 0 aromatic heterocycles. The summed E-state index contributed by atoms with van der Waals surface area (Å²) in [5.74, 6) is 1.45. The van der Waals surface area contributed by atoms with Gasteiger partial charge in [0.05, 0.1) is 10.0 Å². The SMILES string of the molecule is COCC[C@]1(c2ccc(Cl)c(Cl)c2)C2CNC[C@@H]21. The Bertz CT molecular complexity index is 453. The quantitative estimate of drug-likeness (QED) is 0.918. The molecule has 2 aliphatic rings. The van der Waals surface area contributed by atoms with Crippen molar-refractivity contribution < 1.29 is 4.74 Å². The average molecular weight is 286 g/mol. The van der Waals surface area contributed by atoms with Gasteiger partial charge in [0.15, 0.2) is 0 Å². The number of hydrogen-bond donors (Lipinski definition) is 1. The van der Waals surface area contributed by atoms with Crippen LogP contribution >= 0.6 is 23.2 Å². The van der Waals surface area contributed by atoms with Gasteiger partial charge in [-0.05, 0) is 49.0 Å². The van der Waals surface area contributed by atoms with Crippen molar-refractivity contribution in [3.63, 3.8) is 0 Å². The summed E-state index contributed by atoms with van der Waals surface area (Å²) < 4.78 is 5.28. The Balaban J connectivity index is 1.92. The summed E-state index contributed by atoms with van der Waals surface area (Å²) in [6.07, 6.45) is 1.07. The van der Waals surface area contributed by atoms with Gasteiger partial charge in [-0.3, -0.25) is 0 Å². The van der Waals surface area contributed by atoms with Gasteiger partial charge in [-0.2, -0.15) is 0 Å². The van der Waals surface area contributed by atoms with E-state index in [4.69, 9.17) is 27.9 Å². The normalized spacial score (nSPS) is 33.5. The molecule has 0 amide bonds. The number of fused-ring (bicyclic) bond motifs is 1. The molecule has 2 nitrogen and oxygen atoms in total. The highest BCUT2D eigenvalue weighted by molar-refractivity contribution is 6.42. The molecule has 98 valence electrons. The summed E-state index contributed by atoms with van der Waals surface area (Å²) in [5.41, 5.74) is 1.58. The molecular formula is C14H17Cl2NO. The van der Waals surface area contributed by atoms with E-state index in [-0.39, 0.29) is 5.41 Å². The molecule has 1 aromatic carbocycles. The molecule has 3 rings (SSSR count). The molecule has 1 saturated carbocycles. The fourth-order valence-corrected chi connectivity index (χ4v) is 3.95. The zero-order chi connectivity index (χ0) is 12.8. The van der Waals surface area contributed by atoms with Crippen molar-refractivity contribution in [3.05, 3.63) is 33.8 Å². The predicted octanol–water partition coefficient (Wildman–Crippen LogP) is 3.12. The fourth-order valence-electron chi connectivity index (χ4n) is 3.65. The predicted molar refractivity (Wildman–Crippen MR) is 74.5 cm³/mol. The van der Waals surface area contributed by atoms with Gasteiger partial charge in [0, 0.05) is 19.1 Å². The minimum atomic E-state index is 0.259. The van der Waals surface area contributed by atoms with Gasteiger partial charge < -0.3 is 10.1 Å². The second kappa shape index (κ2) is 4.68. The van der Waals surface area contributed by atoms with Gasteiger partial charge in [0.25, 0.3) is 0 Å². The number of nitrogens with one attached hydrogen (secondary N) is 1. The van der Waals surface area contributed by atoms with Crippen molar-refractivity contribution in [1.82, 2.24) is 5.32 Å². The Morgan fingerprint density at radius 3 is 2.61 bits per heavy atom. The van der Waals surface area contributed by atoms with Gasteiger partial charge in [-0.25, -0.2) is 0 Å². The molecule has 1 aliphatic carbocycles. The Kier molecular flexibility index (Phi) is 3.31. The van der Waals surface area contributed by atoms with Crippen LogP contribution in [0.3, 0.4) is 0 Å². The Morgan fingerprint density at radius 1 is 1.28 bits per heavy atom. The van der Waals surface area contributed by atoms with E-state index in [1.54, 1.807) is 7.11 Å². The lowest BCUT2D eigenvalue weighted by atomic mass is 9.87. The third kappa shape index (κ3) is 1.78. The number of halogens is 2. The zero-order valence-corrected chi connectivity index (χ0v) is 11.9. The van der Waals surface area contributed by atoms with Crippen LogP contribution in [-0.4, -0.2) is 26.8 Å². The first-order valence-electron chi connectivity index (χ1n) is 6.35. The number of hydrogen-bond acceptors (Lipinski definition) is 2. The molecule has 18 heavy (non-hydrogen) atoms. The lowest BCUT2D eigenvalue weighted by Crippen LogP contribution is -2.26. The highest BCUT2D eigenvalue weighted by Crippen LogP contribution is 2.64. The molecule has 1 heterocycles. The Morgan fingerprint density at radius 2 is 2.00 bits per heavy atom. The minimum absolute atomic E-state index is 0.259. The average Bonchev–Trinajstić information content (AvgIpc) is 2.74. The summed E-state index contributed by atoms with van der Waals surface area (Å²) in [6, 6.07) is 6.08. The molecular weight excluding hydrogens is 269 g/mol. The summed E-state index contributed by atoms with van der Waals surface area (Å²) in [5, 5.41) is 4.74. The largest absolute Gasteiger partial charge is 0.385 e. The van der Waals surface area contributed by atoms with E-state index in [9.17, 15) is 0 Å². The van der Waals surface area contributed by atoms with Crippen LogP contribution in [0.15, 0.2) is 18.2 Å². The second-order valence-corrected chi connectivity index (χ2v) is 6.10. The second-order valence-electron chi connectivity index (χ2n) is 5.28. The number of ether oxygens (including phenoxy) is 1. The summed E-state index contributed by atoms with van der Waals surface area (Å²) in [6.45, 7) is 3.01. The van der Waals surface area contributed by atoms with E-state index < -0.39 is 0 Å². The lowest BCUT2D eigenvalue weighted by Gasteiger charge is -2.22. The van der Waals surface area contributed by atoms with E-state index >= 15 is 0 Å². The molecule has 1 saturated heterocycles. The van der Waals surface area contributed by atoms with E-state index in [1.807, 2.05) is 12.1 Å². The van der Waals surface area contributed by atoms with Gasteiger partial charge in [-0.15, -0.1) is 0 Å². The van der Waals surface area contributed by atoms with E-state index in [0.29, 0.717) is 10.0 Å². The van der Waals surface area contributed by atoms with E-state index in [0.717, 1.165) is 38.0 Å². The van der Waals surface area contributed by atoms with Crippen LogP contribution in [0.1, 0.15) is 12.0 Å². The third-order valence-electron chi connectivity index (χ3n) is 4.61. The molecule has 1 aromatic rings. The van der Waals surface area contributed by atoms with Crippen LogP contribution < -0.4 is 5.32 Å². The fraction of sp³-hybridized carbons (Fsp3) is 0.571. The Labute approximate surface area is 118 Å².